The highest BCUT2D eigenvalue weighted by Crippen LogP contribution is 2.16. The molecule has 26 heavy (non-hydrogen) atoms. The normalized spacial score (nSPS) is 13.1. The molecule has 150 valence electrons. The average Bonchev–Trinajstić information content (AvgIpc) is 2.57. The summed E-state index contributed by atoms with van der Waals surface area (Å²) >= 11 is 0. The van der Waals surface area contributed by atoms with Gasteiger partial charge < -0.3 is 20.5 Å². The first-order chi connectivity index (χ1) is 11.8. The van der Waals surface area contributed by atoms with Crippen LogP contribution in [0.1, 0.15) is 25.0 Å². The smallest absolute Gasteiger partial charge is 0.396 e. The maximum absolute atomic E-state index is 12.0. The number of benzene rings is 1. The summed E-state index contributed by atoms with van der Waals surface area (Å²) in [5, 5.41) is 15.3. The van der Waals surface area contributed by atoms with Crippen LogP contribution in [0, 0.1) is 5.92 Å². The lowest BCUT2D eigenvalue weighted by atomic mass is 10.1. The first-order valence-electron chi connectivity index (χ1n) is 8.19. The fraction of sp³-hybridized carbons (Fsp3) is 0.588. The molecule has 3 N–H and O–H groups in total. The second kappa shape index (κ2) is 13.2. The Morgan fingerprint density at radius 1 is 1.19 bits per heavy atom. The third-order valence-corrected chi connectivity index (χ3v) is 3.25. The van der Waals surface area contributed by atoms with E-state index in [9.17, 15) is 13.2 Å². The van der Waals surface area contributed by atoms with Crippen LogP contribution in [0.2, 0.25) is 0 Å². The predicted octanol–water partition coefficient (Wildman–Crippen LogP) is 3.07. The molecule has 0 bridgehead atoms. The van der Waals surface area contributed by atoms with Gasteiger partial charge in [0.05, 0.1) is 13.2 Å². The number of hydrogen-bond donors (Lipinski definition) is 3. The zero-order chi connectivity index (χ0) is 18.7. The highest BCUT2D eigenvalue weighted by atomic mass is 127. The lowest BCUT2D eigenvalue weighted by molar-refractivity contribution is -0.176. The van der Waals surface area contributed by atoms with Crippen molar-refractivity contribution in [3.8, 4) is 0 Å². The van der Waals surface area contributed by atoms with Gasteiger partial charge in [-0.3, -0.25) is 0 Å². The molecule has 1 aromatic rings. The Bertz CT molecular complexity index is 525. The van der Waals surface area contributed by atoms with E-state index in [2.05, 4.69) is 20.4 Å². The first kappa shape index (κ1) is 24.9. The molecule has 0 amide bonds. The quantitative estimate of drug-likeness (QED) is 0.284. The molecule has 0 aromatic heterocycles. The minimum absolute atomic E-state index is 0. The van der Waals surface area contributed by atoms with Gasteiger partial charge >= 0.3 is 6.18 Å². The number of alkyl halides is 3. The van der Waals surface area contributed by atoms with E-state index in [-0.39, 0.29) is 43.1 Å². The molecule has 0 radical (unpaired) electrons. The van der Waals surface area contributed by atoms with Gasteiger partial charge in [-0.2, -0.15) is 13.2 Å². The van der Waals surface area contributed by atoms with E-state index < -0.39 is 12.8 Å². The summed E-state index contributed by atoms with van der Waals surface area (Å²) in [6.45, 7) is 4.43. The van der Waals surface area contributed by atoms with Crippen molar-refractivity contribution in [2.24, 2.45) is 10.9 Å². The van der Waals surface area contributed by atoms with Crippen molar-refractivity contribution in [3.63, 3.8) is 0 Å². The summed E-state index contributed by atoms with van der Waals surface area (Å²) in [5.74, 6) is 0.778. The molecular formula is C17H27F3IN3O2. The third-order valence-electron chi connectivity index (χ3n) is 3.25. The van der Waals surface area contributed by atoms with E-state index in [1.807, 2.05) is 26.0 Å². The fourth-order valence-electron chi connectivity index (χ4n) is 1.87. The van der Waals surface area contributed by atoms with E-state index >= 15 is 0 Å². The summed E-state index contributed by atoms with van der Waals surface area (Å²) in [6.07, 6.45) is -4.31. The van der Waals surface area contributed by atoms with Gasteiger partial charge in [-0.1, -0.05) is 31.2 Å². The fourth-order valence-corrected chi connectivity index (χ4v) is 1.87. The minimum atomic E-state index is -4.31. The van der Waals surface area contributed by atoms with Crippen molar-refractivity contribution >= 4 is 29.9 Å². The van der Waals surface area contributed by atoms with Gasteiger partial charge in [-0.05, 0) is 24.0 Å². The number of aliphatic imine (C=N–C) groups is 1. The molecule has 1 aromatic carbocycles. The number of aliphatic hydroxyl groups is 1. The summed E-state index contributed by atoms with van der Waals surface area (Å²) < 4.78 is 40.7. The van der Waals surface area contributed by atoms with Crippen LogP contribution >= 0.6 is 24.0 Å². The second-order valence-corrected chi connectivity index (χ2v) is 5.79. The molecule has 0 saturated heterocycles. The van der Waals surface area contributed by atoms with Crippen LogP contribution in [0.4, 0.5) is 13.2 Å². The van der Waals surface area contributed by atoms with Crippen LogP contribution in [0.15, 0.2) is 29.3 Å². The standard InChI is InChI=1S/C17H26F3N3O2.HI/c1-3-21-16(22-8-13(2)10-24)23-9-14-4-6-15(7-5-14)11-25-12-17(18,19)20;/h4-7,13,24H,3,8-12H2,1-2H3,(H2,21,22,23);1H. The summed E-state index contributed by atoms with van der Waals surface area (Å²) in [5.41, 5.74) is 1.62. The Kier molecular flexibility index (Phi) is 12.6. The SMILES string of the molecule is CCNC(=NCc1ccc(COCC(F)(F)F)cc1)NCC(C)CO.I. The van der Waals surface area contributed by atoms with Crippen LogP contribution in [0.3, 0.4) is 0 Å². The molecular weight excluding hydrogens is 462 g/mol. The molecule has 1 rings (SSSR count). The van der Waals surface area contributed by atoms with Gasteiger partial charge in [0, 0.05) is 19.7 Å². The predicted molar refractivity (Wildman–Crippen MR) is 107 cm³/mol. The van der Waals surface area contributed by atoms with Crippen molar-refractivity contribution in [2.75, 3.05) is 26.3 Å². The second-order valence-electron chi connectivity index (χ2n) is 5.79. The molecule has 0 aliphatic carbocycles. The average molecular weight is 489 g/mol. The van der Waals surface area contributed by atoms with Crippen LogP contribution in [-0.4, -0.2) is 43.5 Å². The van der Waals surface area contributed by atoms with Gasteiger partial charge in [0.2, 0.25) is 0 Å². The molecule has 5 nitrogen and oxygen atoms in total. The molecule has 0 aliphatic rings. The van der Waals surface area contributed by atoms with E-state index in [0.29, 0.717) is 24.6 Å². The third kappa shape index (κ3) is 11.5. The lowest BCUT2D eigenvalue weighted by Crippen LogP contribution is -2.39. The van der Waals surface area contributed by atoms with Gasteiger partial charge in [-0.15, -0.1) is 24.0 Å². The zero-order valence-corrected chi connectivity index (χ0v) is 17.3. The van der Waals surface area contributed by atoms with Gasteiger partial charge in [0.25, 0.3) is 0 Å². The lowest BCUT2D eigenvalue weighted by Gasteiger charge is -2.14. The first-order valence-corrected chi connectivity index (χ1v) is 8.19. The molecule has 0 heterocycles. The number of rotatable bonds is 9. The van der Waals surface area contributed by atoms with Crippen molar-refractivity contribution in [2.45, 2.75) is 33.2 Å². The highest BCUT2D eigenvalue weighted by molar-refractivity contribution is 14.0. The Morgan fingerprint density at radius 3 is 2.35 bits per heavy atom. The van der Waals surface area contributed by atoms with Crippen molar-refractivity contribution in [1.82, 2.24) is 10.6 Å². The Balaban J connectivity index is 0.00000625. The largest absolute Gasteiger partial charge is 0.411 e. The van der Waals surface area contributed by atoms with Crippen molar-refractivity contribution < 1.29 is 23.0 Å². The minimum Gasteiger partial charge on any atom is -0.396 e. The van der Waals surface area contributed by atoms with Crippen molar-refractivity contribution in [3.05, 3.63) is 35.4 Å². The highest BCUT2D eigenvalue weighted by Gasteiger charge is 2.27. The van der Waals surface area contributed by atoms with E-state index in [1.165, 1.54) is 0 Å². The number of guanidine groups is 1. The van der Waals surface area contributed by atoms with Gasteiger partial charge in [0.15, 0.2) is 5.96 Å². The molecule has 0 saturated carbocycles. The van der Waals surface area contributed by atoms with Gasteiger partial charge in [0.1, 0.15) is 6.61 Å². The molecule has 0 aliphatic heterocycles. The monoisotopic (exact) mass is 489 g/mol. The maximum atomic E-state index is 12.0. The Labute approximate surface area is 169 Å². The number of nitrogens with zero attached hydrogens (tertiary/aromatic N) is 1. The zero-order valence-electron chi connectivity index (χ0n) is 15.0. The Hall–Kier alpha value is -1.07. The van der Waals surface area contributed by atoms with Crippen LogP contribution in [0.5, 0.6) is 0 Å². The van der Waals surface area contributed by atoms with Crippen LogP contribution in [0.25, 0.3) is 0 Å². The van der Waals surface area contributed by atoms with E-state index in [0.717, 1.165) is 12.1 Å². The van der Waals surface area contributed by atoms with E-state index in [1.54, 1.807) is 12.1 Å². The number of halogens is 4. The van der Waals surface area contributed by atoms with Crippen molar-refractivity contribution in [1.29, 1.82) is 0 Å². The summed E-state index contributed by atoms with van der Waals surface area (Å²) in [4.78, 5) is 4.45. The van der Waals surface area contributed by atoms with Crippen LogP contribution < -0.4 is 10.6 Å². The van der Waals surface area contributed by atoms with Crippen LogP contribution in [-0.2, 0) is 17.9 Å². The number of aliphatic hydroxyl groups excluding tert-OH is 1. The number of nitrogens with one attached hydrogen (secondary N) is 2. The number of hydrogen-bond acceptors (Lipinski definition) is 3. The summed E-state index contributed by atoms with van der Waals surface area (Å²) in [6, 6.07) is 7.09. The molecule has 1 unspecified atom stereocenters. The topological polar surface area (TPSA) is 65.9 Å². The molecule has 9 heteroatoms. The molecule has 0 spiro atoms. The maximum Gasteiger partial charge on any atom is 0.411 e. The summed E-state index contributed by atoms with van der Waals surface area (Å²) in [7, 11) is 0. The molecule has 1 atom stereocenters. The molecule has 0 fully saturated rings. The number of ether oxygens (including phenoxy) is 1. The van der Waals surface area contributed by atoms with E-state index in [4.69, 9.17) is 5.11 Å². The van der Waals surface area contributed by atoms with Gasteiger partial charge in [-0.25, -0.2) is 4.99 Å². The Morgan fingerprint density at radius 2 is 1.81 bits per heavy atom.